The van der Waals surface area contributed by atoms with Gasteiger partial charge in [-0.2, -0.15) is 0 Å². The van der Waals surface area contributed by atoms with Crippen molar-refractivity contribution in [1.29, 1.82) is 0 Å². The first-order valence-electron chi connectivity index (χ1n) is 8.94. The molecule has 0 spiro atoms. The largest absolute Gasteiger partial charge is 0.320 e. The first kappa shape index (κ1) is 17.4. The lowest BCUT2D eigenvalue weighted by atomic mass is 9.95. The van der Waals surface area contributed by atoms with Crippen LogP contribution in [0.15, 0.2) is 54.9 Å². The normalized spacial score (nSPS) is 12.9. The van der Waals surface area contributed by atoms with Crippen LogP contribution in [0.25, 0.3) is 0 Å². The van der Waals surface area contributed by atoms with E-state index in [0.717, 1.165) is 31.2 Å². The summed E-state index contributed by atoms with van der Waals surface area (Å²) in [6.45, 7) is 0. The number of benzene rings is 1. The van der Waals surface area contributed by atoms with Gasteiger partial charge in [-0.1, -0.05) is 18.2 Å². The maximum absolute atomic E-state index is 13.0. The molecule has 27 heavy (non-hydrogen) atoms. The summed E-state index contributed by atoms with van der Waals surface area (Å²) in [5.41, 5.74) is 2.86. The monoisotopic (exact) mass is 377 g/mol. The van der Waals surface area contributed by atoms with Crippen molar-refractivity contribution in [1.82, 2.24) is 4.98 Å². The molecule has 0 saturated carbocycles. The molecule has 0 fully saturated rings. The van der Waals surface area contributed by atoms with Crippen molar-refractivity contribution in [2.45, 2.75) is 25.7 Å². The van der Waals surface area contributed by atoms with Crippen molar-refractivity contribution in [3.05, 3.63) is 76.4 Å². The molecule has 0 saturated heterocycles. The molecule has 0 atom stereocenters. The van der Waals surface area contributed by atoms with E-state index in [0.29, 0.717) is 21.8 Å². The number of fused-ring (bicyclic) bond motifs is 1. The Labute approximate surface area is 161 Å². The molecule has 2 aromatic heterocycles. The van der Waals surface area contributed by atoms with Crippen molar-refractivity contribution in [3.8, 4) is 0 Å². The number of aryl methyl sites for hydroxylation is 1. The number of anilines is 2. The van der Waals surface area contributed by atoms with Crippen LogP contribution in [0.5, 0.6) is 0 Å². The number of pyridine rings is 1. The van der Waals surface area contributed by atoms with Crippen LogP contribution in [0.1, 0.15) is 44.0 Å². The summed E-state index contributed by atoms with van der Waals surface area (Å²) in [6, 6.07) is 12.6. The van der Waals surface area contributed by atoms with Gasteiger partial charge in [0, 0.05) is 16.6 Å². The summed E-state index contributed by atoms with van der Waals surface area (Å²) in [5, 5.41) is 6.48. The number of carbonyl (C=O) groups is 2. The van der Waals surface area contributed by atoms with E-state index in [4.69, 9.17) is 0 Å². The molecular formula is C21H19N3O2S. The lowest BCUT2D eigenvalue weighted by Gasteiger charge is -2.13. The van der Waals surface area contributed by atoms with E-state index >= 15 is 0 Å². The Morgan fingerprint density at radius 2 is 1.74 bits per heavy atom. The second-order valence-corrected chi connectivity index (χ2v) is 7.54. The molecule has 1 aromatic carbocycles. The molecule has 0 bridgehead atoms. The summed E-state index contributed by atoms with van der Waals surface area (Å²) >= 11 is 1.52. The van der Waals surface area contributed by atoms with Gasteiger partial charge in [-0.3, -0.25) is 14.6 Å². The minimum absolute atomic E-state index is 0.203. The number of nitrogens with one attached hydrogen (secondary N) is 2. The Balaban J connectivity index is 1.66. The topological polar surface area (TPSA) is 71.1 Å². The maximum atomic E-state index is 13.0. The zero-order chi connectivity index (χ0) is 18.6. The van der Waals surface area contributed by atoms with Gasteiger partial charge in [-0.25, -0.2) is 0 Å². The molecule has 0 aliphatic heterocycles. The van der Waals surface area contributed by atoms with E-state index in [1.165, 1.54) is 16.2 Å². The lowest BCUT2D eigenvalue weighted by Crippen LogP contribution is -2.18. The highest BCUT2D eigenvalue weighted by atomic mass is 32.1. The molecule has 1 aliphatic rings. The summed E-state index contributed by atoms with van der Waals surface area (Å²) in [7, 11) is 0. The van der Waals surface area contributed by atoms with Crippen molar-refractivity contribution in [2.75, 3.05) is 10.6 Å². The van der Waals surface area contributed by atoms with Crippen LogP contribution >= 0.6 is 11.3 Å². The standard InChI is InChI=1S/C21H19N3O2S/c25-19(14-7-2-1-3-8-14)24-21-18(16-10-4-5-11-17(16)27-21)20(26)23-15-9-6-12-22-13-15/h1-3,6-9,12-13H,4-5,10-11H2,(H,23,26)(H,24,25). The zero-order valence-corrected chi connectivity index (χ0v) is 15.5. The lowest BCUT2D eigenvalue weighted by molar-refractivity contribution is 0.102. The minimum atomic E-state index is -0.204. The minimum Gasteiger partial charge on any atom is -0.320 e. The van der Waals surface area contributed by atoms with Crippen molar-refractivity contribution in [3.63, 3.8) is 0 Å². The van der Waals surface area contributed by atoms with E-state index < -0.39 is 0 Å². The third-order valence-electron chi connectivity index (χ3n) is 4.58. The van der Waals surface area contributed by atoms with Gasteiger partial charge >= 0.3 is 0 Å². The smallest absolute Gasteiger partial charge is 0.259 e. The fourth-order valence-electron chi connectivity index (χ4n) is 3.29. The number of hydrogen-bond acceptors (Lipinski definition) is 4. The molecule has 0 radical (unpaired) electrons. The summed E-state index contributed by atoms with van der Waals surface area (Å²) in [6.07, 6.45) is 7.26. The van der Waals surface area contributed by atoms with Gasteiger partial charge in [0.25, 0.3) is 11.8 Å². The molecule has 4 rings (SSSR count). The van der Waals surface area contributed by atoms with Crippen LogP contribution < -0.4 is 10.6 Å². The number of aromatic nitrogens is 1. The number of amides is 2. The number of carbonyl (C=O) groups excluding carboxylic acids is 2. The second kappa shape index (κ2) is 7.72. The summed E-state index contributed by atoms with van der Waals surface area (Å²) in [5.74, 6) is -0.407. The highest BCUT2D eigenvalue weighted by Gasteiger charge is 2.26. The highest BCUT2D eigenvalue weighted by Crippen LogP contribution is 2.38. The number of hydrogen-bond donors (Lipinski definition) is 2. The Morgan fingerprint density at radius 1 is 0.926 bits per heavy atom. The van der Waals surface area contributed by atoms with Gasteiger partial charge in [-0.15, -0.1) is 11.3 Å². The average Bonchev–Trinajstić information content (AvgIpc) is 3.07. The number of thiophene rings is 1. The van der Waals surface area contributed by atoms with E-state index in [-0.39, 0.29) is 11.8 Å². The van der Waals surface area contributed by atoms with Crippen LogP contribution in [0.3, 0.4) is 0 Å². The van der Waals surface area contributed by atoms with Crippen LogP contribution in [0.4, 0.5) is 10.7 Å². The molecule has 6 heteroatoms. The fourth-order valence-corrected chi connectivity index (χ4v) is 4.57. The van der Waals surface area contributed by atoms with Gasteiger partial charge in [0.05, 0.1) is 17.4 Å². The molecular weight excluding hydrogens is 358 g/mol. The Hall–Kier alpha value is -2.99. The molecule has 136 valence electrons. The predicted octanol–water partition coefficient (Wildman–Crippen LogP) is 4.53. The third-order valence-corrected chi connectivity index (χ3v) is 5.79. The number of nitrogens with zero attached hydrogens (tertiary/aromatic N) is 1. The summed E-state index contributed by atoms with van der Waals surface area (Å²) < 4.78 is 0. The Kier molecular flexibility index (Phi) is 4.98. The van der Waals surface area contributed by atoms with Crippen LogP contribution in [-0.4, -0.2) is 16.8 Å². The number of rotatable bonds is 4. The van der Waals surface area contributed by atoms with Gasteiger partial charge in [0.1, 0.15) is 5.00 Å². The second-order valence-electron chi connectivity index (χ2n) is 6.43. The first-order valence-corrected chi connectivity index (χ1v) is 9.76. The molecule has 5 nitrogen and oxygen atoms in total. The van der Waals surface area contributed by atoms with Crippen LogP contribution in [-0.2, 0) is 12.8 Å². The van der Waals surface area contributed by atoms with Crippen molar-refractivity contribution >= 4 is 33.8 Å². The maximum Gasteiger partial charge on any atom is 0.259 e. The van der Waals surface area contributed by atoms with E-state index in [1.54, 1.807) is 36.7 Å². The molecule has 2 amide bonds. The predicted molar refractivity (Wildman–Crippen MR) is 108 cm³/mol. The SMILES string of the molecule is O=C(Nc1sc2c(c1C(=O)Nc1cccnc1)CCCC2)c1ccccc1. The summed E-state index contributed by atoms with van der Waals surface area (Å²) in [4.78, 5) is 30.8. The van der Waals surface area contributed by atoms with E-state index in [1.807, 2.05) is 18.2 Å². The highest BCUT2D eigenvalue weighted by molar-refractivity contribution is 7.17. The molecule has 2 N–H and O–H groups in total. The molecule has 2 heterocycles. The Bertz CT molecular complexity index is 968. The van der Waals surface area contributed by atoms with Gasteiger partial charge in [-0.05, 0) is 55.5 Å². The van der Waals surface area contributed by atoms with Crippen LogP contribution in [0.2, 0.25) is 0 Å². The quantitative estimate of drug-likeness (QED) is 0.702. The van der Waals surface area contributed by atoms with Gasteiger partial charge in [0.2, 0.25) is 0 Å². The van der Waals surface area contributed by atoms with Crippen LogP contribution in [0, 0.1) is 0 Å². The van der Waals surface area contributed by atoms with E-state index in [9.17, 15) is 9.59 Å². The third kappa shape index (κ3) is 3.75. The molecule has 0 unspecified atom stereocenters. The molecule has 1 aliphatic carbocycles. The molecule has 3 aromatic rings. The Morgan fingerprint density at radius 3 is 2.52 bits per heavy atom. The van der Waals surface area contributed by atoms with E-state index in [2.05, 4.69) is 15.6 Å². The van der Waals surface area contributed by atoms with Gasteiger partial charge in [0.15, 0.2) is 0 Å². The van der Waals surface area contributed by atoms with Crippen molar-refractivity contribution in [2.24, 2.45) is 0 Å². The zero-order valence-electron chi connectivity index (χ0n) is 14.7. The first-order chi connectivity index (χ1) is 13.2. The average molecular weight is 377 g/mol. The van der Waals surface area contributed by atoms with Crippen molar-refractivity contribution < 1.29 is 9.59 Å². The van der Waals surface area contributed by atoms with Gasteiger partial charge < -0.3 is 10.6 Å². The fraction of sp³-hybridized carbons (Fsp3) is 0.190.